The molecule has 3 N–H and O–H groups in total. The summed E-state index contributed by atoms with van der Waals surface area (Å²) in [5.74, 6) is 0.348. The van der Waals surface area contributed by atoms with Crippen molar-refractivity contribution in [1.82, 2.24) is 20.3 Å². The molecule has 26 heavy (non-hydrogen) atoms. The highest BCUT2D eigenvalue weighted by Crippen LogP contribution is 2.14. The fourth-order valence-corrected chi connectivity index (χ4v) is 2.24. The molecule has 0 atom stereocenters. The van der Waals surface area contributed by atoms with Gasteiger partial charge in [0.2, 0.25) is 0 Å². The fourth-order valence-electron chi connectivity index (χ4n) is 2.24. The number of carbonyl (C=O) groups is 2. The first-order valence-corrected chi connectivity index (χ1v) is 8.12. The van der Waals surface area contributed by atoms with Crippen LogP contribution < -0.4 is 16.0 Å². The minimum Gasteiger partial charge on any atom is -0.338 e. The van der Waals surface area contributed by atoms with Gasteiger partial charge in [0.1, 0.15) is 11.3 Å². The van der Waals surface area contributed by atoms with Crippen molar-refractivity contribution in [3.8, 4) is 0 Å². The number of benzene rings is 1. The number of rotatable bonds is 4. The Labute approximate surface area is 150 Å². The number of nitrogens with zero attached hydrogens (tertiary/aromatic N) is 3. The predicted molar refractivity (Wildman–Crippen MR) is 99.2 cm³/mol. The lowest BCUT2D eigenvalue weighted by Gasteiger charge is -2.07. The maximum Gasteiger partial charge on any atom is 0.320 e. The second-order valence-corrected chi connectivity index (χ2v) is 5.60. The van der Waals surface area contributed by atoms with Crippen LogP contribution in [0.3, 0.4) is 0 Å². The second-order valence-electron chi connectivity index (χ2n) is 5.60. The average Bonchev–Trinajstić information content (AvgIpc) is 2.62. The third-order valence-electron chi connectivity index (χ3n) is 3.54. The minimum absolute atomic E-state index is 0.282. The summed E-state index contributed by atoms with van der Waals surface area (Å²) in [5.41, 5.74) is 2.47. The molecule has 0 bridgehead atoms. The van der Waals surface area contributed by atoms with Crippen LogP contribution >= 0.6 is 0 Å². The second kappa shape index (κ2) is 7.56. The molecular formula is C18H18N6O2. The Balaban J connectivity index is 1.79. The zero-order valence-corrected chi connectivity index (χ0v) is 14.4. The van der Waals surface area contributed by atoms with E-state index < -0.39 is 0 Å². The largest absolute Gasteiger partial charge is 0.338 e. The molecule has 0 aliphatic carbocycles. The van der Waals surface area contributed by atoms with Crippen LogP contribution in [0.25, 0.3) is 11.2 Å². The summed E-state index contributed by atoms with van der Waals surface area (Å²) < 4.78 is 0. The molecular weight excluding hydrogens is 332 g/mol. The number of anilines is 2. The summed E-state index contributed by atoms with van der Waals surface area (Å²) in [7, 11) is 0. The Morgan fingerprint density at radius 1 is 0.962 bits per heavy atom. The van der Waals surface area contributed by atoms with Crippen molar-refractivity contribution in [2.75, 3.05) is 17.2 Å². The van der Waals surface area contributed by atoms with Crippen molar-refractivity contribution in [1.29, 1.82) is 0 Å². The van der Waals surface area contributed by atoms with Crippen molar-refractivity contribution in [2.24, 2.45) is 0 Å². The van der Waals surface area contributed by atoms with Crippen LogP contribution in [0.15, 0.2) is 42.6 Å². The van der Waals surface area contributed by atoms with Crippen LogP contribution in [0.1, 0.15) is 22.8 Å². The van der Waals surface area contributed by atoms with E-state index in [9.17, 15) is 9.59 Å². The van der Waals surface area contributed by atoms with E-state index in [2.05, 4.69) is 30.9 Å². The first-order valence-electron chi connectivity index (χ1n) is 8.12. The summed E-state index contributed by atoms with van der Waals surface area (Å²) in [4.78, 5) is 36.6. The van der Waals surface area contributed by atoms with E-state index in [1.807, 2.05) is 26.0 Å². The van der Waals surface area contributed by atoms with Crippen molar-refractivity contribution < 1.29 is 9.59 Å². The van der Waals surface area contributed by atoms with Gasteiger partial charge in [-0.2, -0.15) is 0 Å². The molecule has 2 aromatic heterocycles. The number of hydrogen-bond donors (Lipinski definition) is 3. The number of amides is 3. The quantitative estimate of drug-likeness (QED) is 0.670. The van der Waals surface area contributed by atoms with Crippen molar-refractivity contribution in [3.63, 3.8) is 0 Å². The summed E-state index contributed by atoms with van der Waals surface area (Å²) >= 11 is 0. The molecule has 0 fully saturated rings. The van der Waals surface area contributed by atoms with Gasteiger partial charge in [-0.05, 0) is 38.1 Å². The highest BCUT2D eigenvalue weighted by molar-refractivity contribution is 6.04. The SMILES string of the molecule is CCNC(=O)Nc1ccc2ncc(NC(=O)c3ccc(C)cc3)nc2n1. The monoisotopic (exact) mass is 350 g/mol. The first-order chi connectivity index (χ1) is 12.5. The van der Waals surface area contributed by atoms with Crippen molar-refractivity contribution >= 4 is 34.7 Å². The van der Waals surface area contributed by atoms with E-state index in [1.54, 1.807) is 24.3 Å². The lowest BCUT2D eigenvalue weighted by atomic mass is 10.1. The maximum absolute atomic E-state index is 12.3. The summed E-state index contributed by atoms with van der Waals surface area (Å²) in [5, 5.41) is 7.93. The van der Waals surface area contributed by atoms with Gasteiger partial charge in [-0.1, -0.05) is 17.7 Å². The van der Waals surface area contributed by atoms with Crippen LogP contribution in [0.2, 0.25) is 0 Å². The molecule has 0 saturated heterocycles. The van der Waals surface area contributed by atoms with Gasteiger partial charge < -0.3 is 10.6 Å². The number of carbonyl (C=O) groups excluding carboxylic acids is 2. The molecule has 3 aromatic rings. The molecule has 1 aromatic carbocycles. The molecule has 132 valence electrons. The van der Waals surface area contributed by atoms with Gasteiger partial charge in [0, 0.05) is 12.1 Å². The van der Waals surface area contributed by atoms with E-state index >= 15 is 0 Å². The van der Waals surface area contributed by atoms with Crippen LogP contribution in [0, 0.1) is 6.92 Å². The highest BCUT2D eigenvalue weighted by atomic mass is 16.2. The highest BCUT2D eigenvalue weighted by Gasteiger charge is 2.09. The van der Waals surface area contributed by atoms with E-state index in [0.29, 0.717) is 29.1 Å². The Bertz CT molecular complexity index is 956. The van der Waals surface area contributed by atoms with Gasteiger partial charge in [-0.3, -0.25) is 10.1 Å². The number of aromatic nitrogens is 3. The molecule has 8 heteroatoms. The summed E-state index contributed by atoms with van der Waals surface area (Å²) in [6, 6.07) is 10.2. The summed E-state index contributed by atoms with van der Waals surface area (Å²) in [6.07, 6.45) is 1.47. The predicted octanol–water partition coefficient (Wildman–Crippen LogP) is 2.73. The van der Waals surface area contributed by atoms with Crippen LogP contribution in [0.4, 0.5) is 16.4 Å². The standard InChI is InChI=1S/C18H18N6O2/c1-3-19-18(26)24-14-9-8-13-16(21-14)22-15(10-20-13)23-17(25)12-6-4-11(2)5-7-12/h4-10H,3H2,1-2H3,(H3,19,21,22,23,24,25,26). The number of fused-ring (bicyclic) bond motifs is 1. The first kappa shape index (κ1) is 17.3. The molecule has 0 saturated carbocycles. The smallest absolute Gasteiger partial charge is 0.320 e. The zero-order chi connectivity index (χ0) is 18.5. The lowest BCUT2D eigenvalue weighted by molar-refractivity contribution is 0.102. The Kier molecular flexibility index (Phi) is 5.02. The molecule has 0 unspecified atom stereocenters. The Morgan fingerprint density at radius 2 is 1.69 bits per heavy atom. The van der Waals surface area contributed by atoms with Gasteiger partial charge in [-0.25, -0.2) is 19.7 Å². The van der Waals surface area contributed by atoms with Crippen LogP contribution in [-0.4, -0.2) is 33.4 Å². The average molecular weight is 350 g/mol. The normalized spacial score (nSPS) is 10.4. The van der Waals surface area contributed by atoms with E-state index in [-0.39, 0.29) is 17.8 Å². The molecule has 0 aliphatic rings. The van der Waals surface area contributed by atoms with Crippen molar-refractivity contribution in [2.45, 2.75) is 13.8 Å². The van der Waals surface area contributed by atoms with Crippen molar-refractivity contribution in [3.05, 3.63) is 53.7 Å². The van der Waals surface area contributed by atoms with E-state index in [1.165, 1.54) is 6.20 Å². The Morgan fingerprint density at radius 3 is 2.42 bits per heavy atom. The number of pyridine rings is 1. The minimum atomic E-state index is -0.351. The van der Waals surface area contributed by atoms with Gasteiger partial charge in [0.05, 0.1) is 6.20 Å². The third kappa shape index (κ3) is 4.10. The number of aryl methyl sites for hydroxylation is 1. The topological polar surface area (TPSA) is 109 Å². The molecule has 8 nitrogen and oxygen atoms in total. The zero-order valence-electron chi connectivity index (χ0n) is 14.4. The fraction of sp³-hybridized carbons (Fsp3) is 0.167. The van der Waals surface area contributed by atoms with Gasteiger partial charge >= 0.3 is 6.03 Å². The van der Waals surface area contributed by atoms with Gasteiger partial charge in [-0.15, -0.1) is 0 Å². The summed E-state index contributed by atoms with van der Waals surface area (Å²) in [6.45, 7) is 4.28. The van der Waals surface area contributed by atoms with Gasteiger partial charge in [0.25, 0.3) is 5.91 Å². The molecule has 2 heterocycles. The van der Waals surface area contributed by atoms with Crippen LogP contribution in [-0.2, 0) is 0 Å². The molecule has 0 aliphatic heterocycles. The molecule has 0 radical (unpaired) electrons. The Hall–Kier alpha value is -3.55. The number of hydrogen-bond acceptors (Lipinski definition) is 5. The van der Waals surface area contributed by atoms with Crippen LogP contribution in [0.5, 0.6) is 0 Å². The van der Waals surface area contributed by atoms with Gasteiger partial charge in [0.15, 0.2) is 11.5 Å². The lowest BCUT2D eigenvalue weighted by Crippen LogP contribution is -2.28. The van der Waals surface area contributed by atoms with E-state index in [0.717, 1.165) is 5.56 Å². The molecule has 3 amide bonds. The molecule has 0 spiro atoms. The maximum atomic E-state index is 12.3. The third-order valence-corrected chi connectivity index (χ3v) is 3.54. The molecule has 3 rings (SSSR count). The number of nitrogens with one attached hydrogen (secondary N) is 3. The van der Waals surface area contributed by atoms with E-state index in [4.69, 9.17) is 0 Å². The number of urea groups is 1.